The lowest BCUT2D eigenvalue weighted by molar-refractivity contribution is -0.119. The molecule has 21 heavy (non-hydrogen) atoms. The Balaban J connectivity index is 2.11. The molecule has 2 aromatic heterocycles. The predicted octanol–water partition coefficient (Wildman–Crippen LogP) is 3.91. The van der Waals surface area contributed by atoms with Crippen LogP contribution in [0.3, 0.4) is 0 Å². The molecule has 2 heterocycles. The van der Waals surface area contributed by atoms with Gasteiger partial charge in [-0.25, -0.2) is 4.98 Å². The highest BCUT2D eigenvalue weighted by Crippen LogP contribution is 2.27. The zero-order valence-electron chi connectivity index (χ0n) is 12.8. The highest BCUT2D eigenvalue weighted by atomic mass is 79.9. The fourth-order valence-electron chi connectivity index (χ4n) is 1.79. The van der Waals surface area contributed by atoms with Crippen molar-refractivity contribution in [3.63, 3.8) is 0 Å². The molecule has 1 N–H and O–H groups in total. The Hall–Kier alpha value is -1.21. The Labute approximate surface area is 136 Å². The number of amides is 1. The van der Waals surface area contributed by atoms with Gasteiger partial charge >= 0.3 is 0 Å². The van der Waals surface area contributed by atoms with Crippen LogP contribution in [0.2, 0.25) is 0 Å². The van der Waals surface area contributed by atoms with Crippen molar-refractivity contribution in [3.05, 3.63) is 27.4 Å². The molecule has 0 unspecified atom stereocenters. The molecular formula is C14H19BrN4OS. The smallest absolute Gasteiger partial charge is 0.250 e. The molecular weight excluding hydrogens is 352 g/mol. The van der Waals surface area contributed by atoms with Crippen molar-refractivity contribution >= 4 is 38.3 Å². The minimum Gasteiger partial charge on any atom is -0.300 e. The van der Waals surface area contributed by atoms with Crippen molar-refractivity contribution in [2.24, 2.45) is 0 Å². The van der Waals surface area contributed by atoms with Crippen molar-refractivity contribution in [2.75, 3.05) is 5.32 Å². The van der Waals surface area contributed by atoms with Crippen LogP contribution >= 0.6 is 27.3 Å². The van der Waals surface area contributed by atoms with Gasteiger partial charge < -0.3 is 5.32 Å². The highest BCUT2D eigenvalue weighted by molar-refractivity contribution is 9.10. The van der Waals surface area contributed by atoms with Crippen LogP contribution in [0.15, 0.2) is 16.0 Å². The minimum absolute atomic E-state index is 0.0193. The maximum absolute atomic E-state index is 12.3. The van der Waals surface area contributed by atoms with Gasteiger partial charge in [-0.1, -0.05) is 20.8 Å². The Kier molecular flexibility index (Phi) is 4.53. The van der Waals surface area contributed by atoms with E-state index in [1.54, 1.807) is 10.9 Å². The number of halogens is 1. The summed E-state index contributed by atoms with van der Waals surface area (Å²) in [4.78, 5) is 16.8. The Morgan fingerprint density at radius 2 is 2.14 bits per heavy atom. The molecule has 1 amide bonds. The number of rotatable bonds is 3. The molecule has 0 bridgehead atoms. The van der Waals surface area contributed by atoms with E-state index in [9.17, 15) is 4.79 Å². The number of aromatic nitrogens is 3. The van der Waals surface area contributed by atoms with E-state index in [0.717, 1.165) is 15.9 Å². The average Bonchev–Trinajstić information content (AvgIpc) is 2.97. The molecule has 7 heteroatoms. The summed E-state index contributed by atoms with van der Waals surface area (Å²) in [5.74, 6) is -0.122. The molecule has 0 aliphatic carbocycles. The van der Waals surface area contributed by atoms with Crippen molar-refractivity contribution in [1.82, 2.24) is 14.8 Å². The van der Waals surface area contributed by atoms with Crippen LogP contribution < -0.4 is 5.32 Å². The summed E-state index contributed by atoms with van der Waals surface area (Å²) in [5.41, 5.74) is 1.88. The molecule has 2 rings (SSSR count). The number of hydrogen-bond acceptors (Lipinski definition) is 4. The Morgan fingerprint density at radius 1 is 1.48 bits per heavy atom. The minimum atomic E-state index is -0.390. The lowest BCUT2D eigenvalue weighted by atomic mass is 9.93. The zero-order valence-corrected chi connectivity index (χ0v) is 15.2. The number of nitrogens with one attached hydrogen (secondary N) is 1. The Morgan fingerprint density at radius 3 is 2.62 bits per heavy atom. The number of thiazole rings is 1. The first-order valence-electron chi connectivity index (χ1n) is 6.66. The summed E-state index contributed by atoms with van der Waals surface area (Å²) in [7, 11) is 0. The van der Waals surface area contributed by atoms with Crippen LogP contribution in [-0.4, -0.2) is 20.7 Å². The molecule has 0 fully saturated rings. The van der Waals surface area contributed by atoms with Gasteiger partial charge in [-0.05, 0) is 29.8 Å². The summed E-state index contributed by atoms with van der Waals surface area (Å²) >= 11 is 4.84. The average molecular weight is 371 g/mol. The molecule has 1 atom stereocenters. The van der Waals surface area contributed by atoms with Crippen LogP contribution in [0.25, 0.3) is 0 Å². The van der Waals surface area contributed by atoms with Crippen molar-refractivity contribution < 1.29 is 4.79 Å². The van der Waals surface area contributed by atoms with Gasteiger partial charge in [-0.2, -0.15) is 5.10 Å². The van der Waals surface area contributed by atoms with E-state index >= 15 is 0 Å². The van der Waals surface area contributed by atoms with Crippen molar-refractivity contribution in [3.8, 4) is 0 Å². The molecule has 0 aromatic carbocycles. The van der Waals surface area contributed by atoms with Crippen LogP contribution in [-0.2, 0) is 10.2 Å². The van der Waals surface area contributed by atoms with E-state index in [1.807, 2.05) is 19.2 Å². The second-order valence-corrected chi connectivity index (χ2v) is 7.69. The topological polar surface area (TPSA) is 59.8 Å². The van der Waals surface area contributed by atoms with Gasteiger partial charge in [0.15, 0.2) is 5.13 Å². The third-order valence-corrected chi connectivity index (χ3v) is 4.77. The van der Waals surface area contributed by atoms with Gasteiger partial charge in [-0.3, -0.25) is 9.48 Å². The predicted molar refractivity (Wildman–Crippen MR) is 88.8 cm³/mol. The van der Waals surface area contributed by atoms with Crippen LogP contribution in [0.4, 0.5) is 5.13 Å². The van der Waals surface area contributed by atoms with Crippen LogP contribution in [0.1, 0.15) is 45.1 Å². The molecule has 114 valence electrons. The van der Waals surface area contributed by atoms with Crippen molar-refractivity contribution in [1.29, 1.82) is 0 Å². The molecule has 5 nitrogen and oxygen atoms in total. The van der Waals surface area contributed by atoms with Gasteiger partial charge in [0.25, 0.3) is 5.91 Å². The maximum Gasteiger partial charge on any atom is 0.250 e. The fraction of sp³-hybridized carbons (Fsp3) is 0.500. The molecule has 0 spiro atoms. The van der Waals surface area contributed by atoms with Crippen molar-refractivity contribution in [2.45, 2.75) is 46.1 Å². The molecule has 0 radical (unpaired) electrons. The Bertz CT molecular complexity index is 656. The molecule has 0 aliphatic heterocycles. The van der Waals surface area contributed by atoms with E-state index in [-0.39, 0.29) is 11.3 Å². The number of anilines is 1. The number of nitrogens with zero attached hydrogens (tertiary/aromatic N) is 3. The summed E-state index contributed by atoms with van der Waals surface area (Å²) in [6, 6.07) is -0.390. The lowest BCUT2D eigenvalue weighted by Crippen LogP contribution is -2.25. The third kappa shape index (κ3) is 3.52. The highest BCUT2D eigenvalue weighted by Gasteiger charge is 2.21. The summed E-state index contributed by atoms with van der Waals surface area (Å²) in [6.45, 7) is 10.0. The van der Waals surface area contributed by atoms with Gasteiger partial charge in [0, 0.05) is 10.8 Å². The number of carbonyl (C=O) groups is 1. The first-order valence-corrected chi connectivity index (χ1v) is 8.34. The second-order valence-electron chi connectivity index (χ2n) is 5.98. The summed E-state index contributed by atoms with van der Waals surface area (Å²) in [5, 5.41) is 9.68. The monoisotopic (exact) mass is 370 g/mol. The van der Waals surface area contributed by atoms with Gasteiger partial charge in [-0.15, -0.1) is 11.3 Å². The number of hydrogen-bond donors (Lipinski definition) is 1. The summed E-state index contributed by atoms with van der Waals surface area (Å²) < 4.78 is 2.59. The normalized spacial score (nSPS) is 13.2. The molecule has 0 aliphatic rings. The fourth-order valence-corrected chi connectivity index (χ4v) is 3.00. The maximum atomic E-state index is 12.3. The SMILES string of the molecule is Cc1c(Br)cnn1[C@H](C)C(=O)Nc1nc(C(C)(C)C)cs1. The van der Waals surface area contributed by atoms with E-state index in [4.69, 9.17) is 0 Å². The first kappa shape index (κ1) is 16.2. The number of carbonyl (C=O) groups excluding carboxylic acids is 1. The molecule has 2 aromatic rings. The largest absolute Gasteiger partial charge is 0.300 e. The first-order chi connectivity index (χ1) is 9.70. The van der Waals surface area contributed by atoms with Gasteiger partial charge in [0.1, 0.15) is 6.04 Å². The van der Waals surface area contributed by atoms with Gasteiger partial charge in [0.05, 0.1) is 22.1 Å². The second kappa shape index (κ2) is 5.88. The molecule has 0 saturated carbocycles. The van der Waals surface area contributed by atoms with Crippen LogP contribution in [0.5, 0.6) is 0 Å². The van der Waals surface area contributed by atoms with Crippen LogP contribution in [0, 0.1) is 6.92 Å². The molecule has 0 saturated heterocycles. The van der Waals surface area contributed by atoms with E-state index < -0.39 is 6.04 Å². The van der Waals surface area contributed by atoms with E-state index in [0.29, 0.717) is 5.13 Å². The summed E-state index contributed by atoms with van der Waals surface area (Å²) in [6.07, 6.45) is 1.69. The van der Waals surface area contributed by atoms with Gasteiger partial charge in [0.2, 0.25) is 0 Å². The standard InChI is InChI=1S/C14H19BrN4OS/c1-8-10(15)6-16-19(8)9(2)12(20)18-13-17-11(7-21-13)14(3,4)5/h6-7,9H,1-5H3,(H,17,18,20)/t9-/m1/s1. The zero-order chi connectivity index (χ0) is 15.8. The lowest BCUT2D eigenvalue weighted by Gasteiger charge is -2.15. The quantitative estimate of drug-likeness (QED) is 0.890. The van der Waals surface area contributed by atoms with E-state index in [2.05, 4.69) is 52.1 Å². The van der Waals surface area contributed by atoms with E-state index in [1.165, 1.54) is 11.3 Å². The third-order valence-electron chi connectivity index (χ3n) is 3.23.